The van der Waals surface area contributed by atoms with E-state index < -0.39 is 5.92 Å². The molecule has 1 amide bonds. The van der Waals surface area contributed by atoms with Gasteiger partial charge >= 0.3 is 0 Å². The van der Waals surface area contributed by atoms with Gasteiger partial charge in [-0.2, -0.15) is 5.10 Å². The van der Waals surface area contributed by atoms with Gasteiger partial charge in [0.1, 0.15) is 5.76 Å². The largest absolute Gasteiger partial charge is 0.468 e. The minimum absolute atomic E-state index is 0.0519. The topological polar surface area (TPSA) is 82.4 Å². The normalized spacial score (nSPS) is 18.8. The maximum absolute atomic E-state index is 13.5. The Balaban J connectivity index is 1.56. The molecule has 4 rings (SSSR count). The first-order chi connectivity index (χ1) is 14.5. The smallest absolute Gasteiger partial charge is 0.272 e. The van der Waals surface area contributed by atoms with Crippen molar-refractivity contribution in [2.45, 2.75) is 39.3 Å². The van der Waals surface area contributed by atoms with E-state index in [1.54, 1.807) is 12.3 Å². The number of carbonyl (C=O) groups is 1. The second-order valence-corrected chi connectivity index (χ2v) is 8.36. The van der Waals surface area contributed by atoms with E-state index in [4.69, 9.17) is 4.42 Å². The molecule has 1 fully saturated rings. The molecular weight excluding hydrogens is 380 g/mol. The first kappa shape index (κ1) is 20.3. The van der Waals surface area contributed by atoms with Gasteiger partial charge in [0, 0.05) is 31.1 Å². The van der Waals surface area contributed by atoms with Crippen LogP contribution in [0.25, 0.3) is 10.8 Å². The highest BCUT2D eigenvalue weighted by atomic mass is 16.3. The first-order valence-corrected chi connectivity index (χ1v) is 10.5. The number of nitrogens with one attached hydrogen (secondary N) is 1. The van der Waals surface area contributed by atoms with Gasteiger partial charge in [-0.3, -0.25) is 14.5 Å². The van der Waals surface area contributed by atoms with E-state index in [9.17, 15) is 9.59 Å². The van der Waals surface area contributed by atoms with Crippen LogP contribution in [0.4, 0.5) is 0 Å². The van der Waals surface area contributed by atoms with Crippen molar-refractivity contribution in [2.24, 2.45) is 5.92 Å². The lowest BCUT2D eigenvalue weighted by atomic mass is 9.95. The molecule has 7 heteroatoms. The Labute approximate surface area is 175 Å². The van der Waals surface area contributed by atoms with Gasteiger partial charge in [0.15, 0.2) is 0 Å². The van der Waals surface area contributed by atoms with Gasteiger partial charge in [-0.05, 0) is 31.0 Å². The third-order valence-electron chi connectivity index (χ3n) is 6.02. The maximum atomic E-state index is 13.5. The molecule has 158 valence electrons. The van der Waals surface area contributed by atoms with Gasteiger partial charge < -0.3 is 9.32 Å². The number of rotatable bonds is 5. The number of furan rings is 1. The number of H-pyrrole nitrogens is 1. The number of aromatic nitrogens is 2. The average molecular weight is 409 g/mol. The number of carbonyl (C=O) groups excluding carboxylic acids is 1. The van der Waals surface area contributed by atoms with Crippen LogP contribution >= 0.6 is 0 Å². The summed E-state index contributed by atoms with van der Waals surface area (Å²) in [6, 6.07) is 11.3. The van der Waals surface area contributed by atoms with Crippen molar-refractivity contribution in [3.63, 3.8) is 0 Å². The Morgan fingerprint density at radius 2 is 1.93 bits per heavy atom. The van der Waals surface area contributed by atoms with Crippen LogP contribution in [-0.2, 0) is 11.3 Å². The number of nitrogens with zero attached hydrogens (tertiary/aromatic N) is 3. The van der Waals surface area contributed by atoms with Gasteiger partial charge in [-0.15, -0.1) is 0 Å². The summed E-state index contributed by atoms with van der Waals surface area (Å²) < 4.78 is 5.49. The molecule has 7 nitrogen and oxygen atoms in total. The predicted molar refractivity (Wildman–Crippen MR) is 115 cm³/mol. The van der Waals surface area contributed by atoms with Gasteiger partial charge in [-0.25, -0.2) is 5.10 Å². The van der Waals surface area contributed by atoms with E-state index in [-0.39, 0.29) is 17.5 Å². The maximum Gasteiger partial charge on any atom is 0.272 e. The van der Waals surface area contributed by atoms with Crippen molar-refractivity contribution in [2.75, 3.05) is 19.6 Å². The lowest BCUT2D eigenvalue weighted by Crippen LogP contribution is -2.57. The van der Waals surface area contributed by atoms with E-state index in [2.05, 4.69) is 28.9 Å². The van der Waals surface area contributed by atoms with Crippen LogP contribution in [0.1, 0.15) is 38.1 Å². The molecule has 0 aliphatic carbocycles. The van der Waals surface area contributed by atoms with Crippen LogP contribution in [-0.4, -0.2) is 51.6 Å². The number of piperazine rings is 1. The van der Waals surface area contributed by atoms with Crippen LogP contribution in [0.3, 0.4) is 0 Å². The summed E-state index contributed by atoms with van der Waals surface area (Å²) in [5.41, 5.74) is 0.385. The quantitative estimate of drug-likeness (QED) is 0.702. The molecule has 0 unspecified atom stereocenters. The Kier molecular flexibility index (Phi) is 5.72. The lowest BCUT2D eigenvalue weighted by Gasteiger charge is -2.44. The average Bonchev–Trinajstić information content (AvgIpc) is 3.26. The van der Waals surface area contributed by atoms with Crippen molar-refractivity contribution >= 4 is 16.7 Å². The molecule has 1 saturated heterocycles. The molecule has 2 aromatic heterocycles. The van der Waals surface area contributed by atoms with Gasteiger partial charge in [0.2, 0.25) is 5.91 Å². The molecule has 0 saturated carbocycles. The van der Waals surface area contributed by atoms with Crippen LogP contribution in [0.2, 0.25) is 0 Å². The van der Waals surface area contributed by atoms with Crippen LogP contribution < -0.4 is 5.56 Å². The minimum Gasteiger partial charge on any atom is -0.468 e. The number of hydrogen-bond donors (Lipinski definition) is 1. The molecule has 3 aromatic rings. The SMILES string of the molecule is CC(C)[C@H]1CN(Cc2ccco2)CCN1C(=O)[C@H](C)c1n[nH]c(=O)c2ccccc12. The second kappa shape index (κ2) is 8.44. The zero-order chi connectivity index (χ0) is 21.3. The third-order valence-corrected chi connectivity index (χ3v) is 6.02. The van der Waals surface area contributed by atoms with Crippen LogP contribution in [0, 0.1) is 5.92 Å². The Hall–Kier alpha value is -2.93. The summed E-state index contributed by atoms with van der Waals surface area (Å²) in [5, 5.41) is 8.10. The standard InChI is InChI=1S/C23H28N4O3/c1-15(2)20-14-26(13-17-7-6-12-30-17)10-11-27(20)23(29)16(3)21-18-8-4-5-9-19(18)22(28)25-24-21/h4-9,12,15-16,20H,10-11,13-14H2,1-3H3,(H,25,28)/t16-,20-/m1/s1. The summed E-state index contributed by atoms with van der Waals surface area (Å²) in [7, 11) is 0. The number of hydrogen-bond acceptors (Lipinski definition) is 5. The number of benzene rings is 1. The fourth-order valence-corrected chi connectivity index (χ4v) is 4.31. The van der Waals surface area contributed by atoms with Gasteiger partial charge in [0.25, 0.3) is 5.56 Å². The van der Waals surface area contributed by atoms with Gasteiger partial charge in [-0.1, -0.05) is 32.0 Å². The number of aromatic amines is 1. The Morgan fingerprint density at radius 1 is 1.17 bits per heavy atom. The molecule has 30 heavy (non-hydrogen) atoms. The van der Waals surface area contributed by atoms with Crippen molar-refractivity contribution in [1.29, 1.82) is 0 Å². The highest BCUT2D eigenvalue weighted by Crippen LogP contribution is 2.27. The summed E-state index contributed by atoms with van der Waals surface area (Å²) >= 11 is 0. The summed E-state index contributed by atoms with van der Waals surface area (Å²) in [4.78, 5) is 30.0. The molecule has 2 atom stereocenters. The predicted octanol–water partition coefficient (Wildman–Crippen LogP) is 2.99. The van der Waals surface area contributed by atoms with Crippen LogP contribution in [0.5, 0.6) is 0 Å². The van der Waals surface area contributed by atoms with Crippen molar-refractivity contribution in [1.82, 2.24) is 20.0 Å². The summed E-state index contributed by atoms with van der Waals surface area (Å²) in [6.07, 6.45) is 1.69. The molecular formula is C23H28N4O3. The summed E-state index contributed by atoms with van der Waals surface area (Å²) in [5.74, 6) is 0.871. The van der Waals surface area contributed by atoms with E-state index >= 15 is 0 Å². The van der Waals surface area contributed by atoms with E-state index in [1.807, 2.05) is 42.2 Å². The highest BCUT2D eigenvalue weighted by Gasteiger charge is 2.35. The monoisotopic (exact) mass is 408 g/mol. The van der Waals surface area contributed by atoms with Gasteiger partial charge in [0.05, 0.1) is 29.8 Å². The molecule has 1 aliphatic rings. The molecule has 1 aromatic carbocycles. The highest BCUT2D eigenvalue weighted by molar-refractivity contribution is 5.91. The fraction of sp³-hybridized carbons (Fsp3) is 0.435. The van der Waals surface area contributed by atoms with E-state index in [0.717, 1.165) is 30.8 Å². The molecule has 0 radical (unpaired) electrons. The fourth-order valence-electron chi connectivity index (χ4n) is 4.31. The first-order valence-electron chi connectivity index (χ1n) is 10.5. The Morgan fingerprint density at radius 3 is 2.63 bits per heavy atom. The van der Waals surface area contributed by atoms with E-state index in [1.165, 1.54) is 0 Å². The second-order valence-electron chi connectivity index (χ2n) is 8.36. The Bertz CT molecular complexity index is 1070. The zero-order valence-electron chi connectivity index (χ0n) is 17.7. The summed E-state index contributed by atoms with van der Waals surface area (Å²) in [6.45, 7) is 9.19. The van der Waals surface area contributed by atoms with Crippen molar-refractivity contribution < 1.29 is 9.21 Å². The van der Waals surface area contributed by atoms with E-state index in [0.29, 0.717) is 23.5 Å². The molecule has 0 spiro atoms. The number of fused-ring (bicyclic) bond motifs is 1. The molecule has 1 N–H and O–H groups in total. The zero-order valence-corrected chi connectivity index (χ0v) is 17.7. The van der Waals surface area contributed by atoms with Crippen molar-refractivity contribution in [3.05, 3.63) is 64.5 Å². The minimum atomic E-state index is -0.440. The van der Waals surface area contributed by atoms with Crippen LogP contribution in [0.15, 0.2) is 51.9 Å². The molecule has 0 bridgehead atoms. The third kappa shape index (κ3) is 3.89. The number of amides is 1. The van der Waals surface area contributed by atoms with Crippen molar-refractivity contribution in [3.8, 4) is 0 Å². The molecule has 1 aliphatic heterocycles. The lowest BCUT2D eigenvalue weighted by molar-refractivity contribution is -0.139. The molecule has 3 heterocycles.